The third-order valence-corrected chi connectivity index (χ3v) is 10.1. The highest BCUT2D eigenvalue weighted by Gasteiger charge is 2.23. The van der Waals surface area contributed by atoms with Gasteiger partial charge >= 0.3 is 5.97 Å². The molecule has 3 heterocycles. The predicted octanol–water partition coefficient (Wildman–Crippen LogP) is 5.57. The van der Waals surface area contributed by atoms with Crippen LogP contribution < -0.4 is 15.9 Å². The number of rotatable bonds is 6. The Hall–Kier alpha value is -3.28. The molecule has 39 heavy (non-hydrogen) atoms. The molecule has 1 N–H and O–H groups in total. The molecule has 5 rings (SSSR count). The molecule has 1 aliphatic heterocycles. The van der Waals surface area contributed by atoms with Crippen molar-refractivity contribution in [3.05, 3.63) is 56.6 Å². The summed E-state index contributed by atoms with van der Waals surface area (Å²) >= 11 is 1.36. The fraction of sp³-hybridized carbons (Fsp3) is 0.429. The summed E-state index contributed by atoms with van der Waals surface area (Å²) in [6, 6.07) is 9.18. The molecule has 0 saturated heterocycles. The van der Waals surface area contributed by atoms with Gasteiger partial charge in [0.1, 0.15) is 23.7 Å². The Balaban J connectivity index is 1.78. The second-order valence-corrected chi connectivity index (χ2v) is 17.9. The van der Waals surface area contributed by atoms with Crippen molar-refractivity contribution >= 4 is 46.7 Å². The third kappa shape index (κ3) is 5.43. The lowest BCUT2D eigenvalue weighted by molar-refractivity contribution is 0.0696. The molecule has 0 radical (unpaired) electrons. The van der Waals surface area contributed by atoms with Crippen molar-refractivity contribution < 1.29 is 19.4 Å². The molecule has 0 spiro atoms. The Morgan fingerprint density at radius 2 is 2.00 bits per heavy atom. The van der Waals surface area contributed by atoms with Crippen LogP contribution >= 0.6 is 11.5 Å². The highest BCUT2D eigenvalue weighted by Crippen LogP contribution is 2.33. The predicted molar refractivity (Wildman–Crippen MR) is 156 cm³/mol. The lowest BCUT2D eigenvalue weighted by Gasteiger charge is -2.18. The lowest BCUT2D eigenvalue weighted by atomic mass is 10.1. The lowest BCUT2D eigenvalue weighted by Crippen LogP contribution is -2.27. The van der Waals surface area contributed by atoms with Gasteiger partial charge in [-0.1, -0.05) is 43.3 Å². The summed E-state index contributed by atoms with van der Waals surface area (Å²) < 4.78 is 16.0. The standard InChI is InChI=1S/C28H33N3O6SSi/c1-17-8-5-6-11-37-22-15-18(28(34)35)14-21-24(22)29-23(27(33)30(21)16-36-12-13-39(2,3)4)19-9-7-10-20-25(19)38-31(17)26(20)32/h7,9-10,14-15,17H,5-6,8,11-13,16H2,1-4H3,(H,34,35). The molecule has 0 aliphatic carbocycles. The number of carboxylic acids is 1. The molecule has 4 bridgehead atoms. The molecule has 9 nitrogen and oxygen atoms in total. The number of hydrogen-bond acceptors (Lipinski definition) is 7. The maximum absolute atomic E-state index is 14.0. The largest absolute Gasteiger partial charge is 0.491 e. The monoisotopic (exact) mass is 567 g/mol. The van der Waals surface area contributed by atoms with Crippen molar-refractivity contribution in [3.8, 4) is 17.0 Å². The van der Waals surface area contributed by atoms with E-state index in [4.69, 9.17) is 14.5 Å². The van der Waals surface area contributed by atoms with E-state index in [2.05, 4.69) is 19.6 Å². The zero-order valence-electron chi connectivity index (χ0n) is 22.7. The van der Waals surface area contributed by atoms with Gasteiger partial charge in [0.2, 0.25) is 0 Å². The highest BCUT2D eigenvalue weighted by molar-refractivity contribution is 7.14. The van der Waals surface area contributed by atoms with Crippen LogP contribution in [0.3, 0.4) is 0 Å². The molecule has 2 aromatic carbocycles. The molecule has 1 aliphatic rings. The fourth-order valence-corrected chi connectivity index (χ4v) is 6.70. The summed E-state index contributed by atoms with van der Waals surface area (Å²) in [5, 5.41) is 10.4. The van der Waals surface area contributed by atoms with E-state index in [1.54, 1.807) is 22.2 Å². The molecule has 2 aromatic heterocycles. The Morgan fingerprint density at radius 3 is 2.74 bits per heavy atom. The normalized spacial score (nSPS) is 16.1. The number of aromatic nitrogens is 3. The Morgan fingerprint density at radius 1 is 1.21 bits per heavy atom. The van der Waals surface area contributed by atoms with Gasteiger partial charge in [0.25, 0.3) is 11.1 Å². The summed E-state index contributed by atoms with van der Waals surface area (Å²) in [6.07, 6.45) is 2.35. The maximum atomic E-state index is 14.0. The number of ether oxygens (including phenoxy) is 2. The van der Waals surface area contributed by atoms with E-state index in [0.717, 1.165) is 25.3 Å². The summed E-state index contributed by atoms with van der Waals surface area (Å²) in [5.41, 5.74) is 0.987. The molecule has 206 valence electrons. The third-order valence-electron chi connectivity index (χ3n) is 7.05. The fourth-order valence-electron chi connectivity index (χ4n) is 4.76. The zero-order valence-corrected chi connectivity index (χ0v) is 24.5. The van der Waals surface area contributed by atoms with Crippen LogP contribution in [0.25, 0.3) is 32.4 Å². The van der Waals surface area contributed by atoms with E-state index in [1.807, 2.05) is 6.92 Å². The van der Waals surface area contributed by atoms with Crippen molar-refractivity contribution in [2.24, 2.45) is 0 Å². The van der Waals surface area contributed by atoms with Gasteiger partial charge in [-0.05, 0) is 50.4 Å². The summed E-state index contributed by atoms with van der Waals surface area (Å²) in [7, 11) is -1.36. The molecule has 0 fully saturated rings. The highest BCUT2D eigenvalue weighted by atomic mass is 32.1. The second kappa shape index (κ2) is 10.7. The number of benzene rings is 2. The van der Waals surface area contributed by atoms with Crippen molar-refractivity contribution in [1.29, 1.82) is 0 Å². The van der Waals surface area contributed by atoms with Crippen molar-refractivity contribution in [3.63, 3.8) is 0 Å². The smallest absolute Gasteiger partial charge is 0.335 e. The van der Waals surface area contributed by atoms with E-state index >= 15 is 0 Å². The Labute approximate surface area is 230 Å². The van der Waals surface area contributed by atoms with Crippen LogP contribution in [0.5, 0.6) is 5.75 Å². The minimum Gasteiger partial charge on any atom is -0.491 e. The maximum Gasteiger partial charge on any atom is 0.335 e. The summed E-state index contributed by atoms with van der Waals surface area (Å²) in [6.45, 7) is 9.56. The first-order chi connectivity index (χ1) is 18.5. The number of fused-ring (bicyclic) bond motifs is 3. The van der Waals surface area contributed by atoms with Crippen molar-refractivity contribution in [2.75, 3.05) is 13.2 Å². The topological polar surface area (TPSA) is 113 Å². The average Bonchev–Trinajstić information content (AvgIpc) is 3.22. The van der Waals surface area contributed by atoms with Gasteiger partial charge in [-0.25, -0.2) is 9.78 Å². The molecule has 4 aromatic rings. The number of hydrogen-bond donors (Lipinski definition) is 1. The molecule has 11 heteroatoms. The van der Waals surface area contributed by atoms with Gasteiger partial charge in [-0.3, -0.25) is 18.1 Å². The summed E-state index contributed by atoms with van der Waals surface area (Å²) in [5.74, 6) is -0.811. The van der Waals surface area contributed by atoms with Gasteiger partial charge in [0, 0.05) is 26.3 Å². The van der Waals surface area contributed by atoms with Crippen LogP contribution in [0.2, 0.25) is 25.7 Å². The number of carbonyl (C=O) groups is 1. The minimum atomic E-state index is -1.36. The second-order valence-electron chi connectivity index (χ2n) is 11.3. The SMILES string of the molecule is CC1CCCCOc2cc(C(=O)O)cc3c2nc(c(=O)n3COCC[Si](C)(C)C)-c2cccc3c(=O)n1sc23. The molecular weight excluding hydrogens is 534 g/mol. The van der Waals surface area contributed by atoms with Crippen molar-refractivity contribution in [2.45, 2.75) is 64.6 Å². The van der Waals surface area contributed by atoms with E-state index in [1.165, 1.54) is 28.2 Å². The van der Waals surface area contributed by atoms with Crippen LogP contribution in [0.1, 0.15) is 42.6 Å². The zero-order chi connectivity index (χ0) is 27.9. The van der Waals surface area contributed by atoms with Gasteiger partial charge in [-0.2, -0.15) is 0 Å². The first kappa shape index (κ1) is 27.3. The van der Waals surface area contributed by atoms with Crippen molar-refractivity contribution in [1.82, 2.24) is 13.5 Å². The Bertz CT molecular complexity index is 1680. The van der Waals surface area contributed by atoms with Gasteiger partial charge in [0.15, 0.2) is 0 Å². The van der Waals surface area contributed by atoms with Gasteiger partial charge < -0.3 is 14.6 Å². The molecule has 1 atom stereocenters. The first-order valence-corrected chi connectivity index (χ1v) is 17.7. The average molecular weight is 568 g/mol. The quantitative estimate of drug-likeness (QED) is 0.239. The number of carboxylic acid groups (broad SMARTS) is 1. The van der Waals surface area contributed by atoms with E-state index in [-0.39, 0.29) is 29.6 Å². The van der Waals surface area contributed by atoms with Crippen LogP contribution in [0.15, 0.2) is 39.9 Å². The van der Waals surface area contributed by atoms with Crippen LogP contribution in [0.4, 0.5) is 0 Å². The minimum absolute atomic E-state index is 0.00874. The van der Waals surface area contributed by atoms with E-state index in [0.29, 0.717) is 45.6 Å². The number of aromatic carboxylic acids is 1. The summed E-state index contributed by atoms with van der Waals surface area (Å²) in [4.78, 5) is 44.1. The Kier molecular flexibility index (Phi) is 7.49. The number of nitrogens with zero attached hydrogens (tertiary/aromatic N) is 3. The van der Waals surface area contributed by atoms with Crippen LogP contribution in [0, 0.1) is 0 Å². The molecule has 0 amide bonds. The van der Waals surface area contributed by atoms with E-state index in [9.17, 15) is 19.5 Å². The van der Waals surface area contributed by atoms with E-state index < -0.39 is 19.6 Å². The molecule has 0 saturated carbocycles. The van der Waals surface area contributed by atoms with Gasteiger partial charge in [0.05, 0.1) is 27.8 Å². The molecule has 1 unspecified atom stereocenters. The molecular formula is C28H33N3O6SSi. The van der Waals surface area contributed by atoms with Crippen LogP contribution in [-0.4, -0.2) is 45.9 Å². The van der Waals surface area contributed by atoms with Gasteiger partial charge in [-0.15, -0.1) is 0 Å². The van der Waals surface area contributed by atoms with Crippen LogP contribution in [-0.2, 0) is 11.5 Å². The first-order valence-electron chi connectivity index (χ1n) is 13.2.